The van der Waals surface area contributed by atoms with Gasteiger partial charge < -0.3 is 5.73 Å². The first-order chi connectivity index (χ1) is 8.80. The highest BCUT2D eigenvalue weighted by Gasteiger charge is 2.30. The molecule has 0 unspecified atom stereocenters. The molecule has 0 spiro atoms. The highest BCUT2D eigenvalue weighted by atomic mass is 19.4. The molecule has 2 N–H and O–H groups in total. The third kappa shape index (κ3) is 2.57. The maximum atomic E-state index is 12.5. The van der Waals surface area contributed by atoms with E-state index < -0.39 is 11.7 Å². The Hall–Kier alpha value is -1.97. The van der Waals surface area contributed by atoms with Crippen molar-refractivity contribution < 1.29 is 13.2 Å². The molecule has 0 aliphatic rings. The Balaban J connectivity index is 2.52. The summed E-state index contributed by atoms with van der Waals surface area (Å²) in [5.41, 5.74) is 9.39. The Morgan fingerprint density at radius 2 is 1.47 bits per heavy atom. The lowest BCUT2D eigenvalue weighted by molar-refractivity contribution is -0.137. The molecule has 0 bridgehead atoms. The van der Waals surface area contributed by atoms with Crippen molar-refractivity contribution in [3.05, 3.63) is 53.1 Å². The van der Waals surface area contributed by atoms with E-state index in [9.17, 15) is 13.2 Å². The van der Waals surface area contributed by atoms with Crippen LogP contribution in [0.5, 0.6) is 0 Å². The van der Waals surface area contributed by atoms with Crippen LogP contribution in [0.3, 0.4) is 0 Å². The first-order valence-electron chi connectivity index (χ1n) is 5.84. The van der Waals surface area contributed by atoms with Gasteiger partial charge in [0.25, 0.3) is 0 Å². The predicted molar refractivity (Wildman–Crippen MR) is 70.8 cm³/mol. The standard InChI is InChI=1S/C15H14F3N/c1-9-3-8-13(19)14(10(9)2)11-4-6-12(7-5-11)15(16,17)18/h3-8H,19H2,1-2H3. The Morgan fingerprint density at radius 1 is 0.895 bits per heavy atom. The van der Waals surface area contributed by atoms with Crippen molar-refractivity contribution in [2.24, 2.45) is 0 Å². The lowest BCUT2D eigenvalue weighted by Crippen LogP contribution is -2.04. The highest BCUT2D eigenvalue weighted by Crippen LogP contribution is 2.34. The van der Waals surface area contributed by atoms with Gasteiger partial charge in [-0.1, -0.05) is 18.2 Å². The van der Waals surface area contributed by atoms with Crippen LogP contribution in [0, 0.1) is 13.8 Å². The van der Waals surface area contributed by atoms with E-state index in [2.05, 4.69) is 0 Å². The summed E-state index contributed by atoms with van der Waals surface area (Å²) in [6.45, 7) is 3.86. The van der Waals surface area contributed by atoms with E-state index in [0.29, 0.717) is 11.3 Å². The van der Waals surface area contributed by atoms with E-state index >= 15 is 0 Å². The molecule has 4 heteroatoms. The number of anilines is 1. The highest BCUT2D eigenvalue weighted by molar-refractivity contribution is 5.80. The van der Waals surface area contributed by atoms with Crippen LogP contribution in [-0.4, -0.2) is 0 Å². The van der Waals surface area contributed by atoms with Crippen LogP contribution >= 0.6 is 0 Å². The first-order valence-corrected chi connectivity index (χ1v) is 5.84. The number of nitrogens with two attached hydrogens (primary N) is 1. The van der Waals surface area contributed by atoms with Crippen molar-refractivity contribution in [3.63, 3.8) is 0 Å². The molecule has 0 fully saturated rings. The molecule has 0 saturated carbocycles. The molecule has 0 aromatic heterocycles. The summed E-state index contributed by atoms with van der Waals surface area (Å²) in [7, 11) is 0. The lowest BCUT2D eigenvalue weighted by atomic mass is 9.94. The second-order valence-electron chi connectivity index (χ2n) is 4.55. The number of benzene rings is 2. The van der Waals surface area contributed by atoms with E-state index in [0.717, 1.165) is 28.8 Å². The number of rotatable bonds is 1. The zero-order chi connectivity index (χ0) is 14.2. The maximum absolute atomic E-state index is 12.5. The number of halogens is 3. The van der Waals surface area contributed by atoms with E-state index in [-0.39, 0.29) is 0 Å². The van der Waals surface area contributed by atoms with E-state index in [4.69, 9.17) is 5.73 Å². The van der Waals surface area contributed by atoms with Crippen LogP contribution in [0.15, 0.2) is 36.4 Å². The minimum Gasteiger partial charge on any atom is -0.398 e. The van der Waals surface area contributed by atoms with Crippen LogP contribution in [0.25, 0.3) is 11.1 Å². The number of aryl methyl sites for hydroxylation is 1. The second kappa shape index (κ2) is 4.61. The topological polar surface area (TPSA) is 26.0 Å². The van der Waals surface area contributed by atoms with Gasteiger partial charge in [-0.05, 0) is 48.7 Å². The van der Waals surface area contributed by atoms with Crippen molar-refractivity contribution in [1.82, 2.24) is 0 Å². The maximum Gasteiger partial charge on any atom is 0.416 e. The van der Waals surface area contributed by atoms with Crippen molar-refractivity contribution in [2.45, 2.75) is 20.0 Å². The Bertz CT molecular complexity index is 598. The molecule has 0 amide bonds. The van der Waals surface area contributed by atoms with E-state index in [1.54, 1.807) is 6.07 Å². The minimum atomic E-state index is -4.31. The average Bonchev–Trinajstić information content (AvgIpc) is 2.34. The fraction of sp³-hybridized carbons (Fsp3) is 0.200. The van der Waals surface area contributed by atoms with Gasteiger partial charge in [0, 0.05) is 11.3 Å². The predicted octanol–water partition coefficient (Wildman–Crippen LogP) is 4.57. The van der Waals surface area contributed by atoms with Crippen molar-refractivity contribution in [2.75, 3.05) is 5.73 Å². The van der Waals surface area contributed by atoms with Gasteiger partial charge in [-0.2, -0.15) is 13.2 Å². The van der Waals surface area contributed by atoms with Gasteiger partial charge in [0.05, 0.1) is 5.56 Å². The summed E-state index contributed by atoms with van der Waals surface area (Å²) >= 11 is 0. The van der Waals surface area contributed by atoms with Crippen molar-refractivity contribution in [3.8, 4) is 11.1 Å². The van der Waals surface area contributed by atoms with Gasteiger partial charge >= 0.3 is 6.18 Å². The summed E-state index contributed by atoms with van der Waals surface area (Å²) in [5.74, 6) is 0. The monoisotopic (exact) mass is 265 g/mol. The Labute approximate surface area is 109 Å². The summed E-state index contributed by atoms with van der Waals surface area (Å²) in [6, 6.07) is 8.75. The Morgan fingerprint density at radius 3 is 2.00 bits per heavy atom. The quantitative estimate of drug-likeness (QED) is 0.751. The SMILES string of the molecule is Cc1ccc(N)c(-c2ccc(C(F)(F)F)cc2)c1C. The molecular weight excluding hydrogens is 251 g/mol. The molecule has 0 heterocycles. The van der Waals surface area contributed by atoms with E-state index in [1.807, 2.05) is 19.9 Å². The molecular formula is C15H14F3N. The van der Waals surface area contributed by atoms with Crippen LogP contribution in [0.4, 0.5) is 18.9 Å². The van der Waals surface area contributed by atoms with Gasteiger partial charge in [-0.15, -0.1) is 0 Å². The molecule has 0 saturated heterocycles. The van der Waals surface area contributed by atoms with Gasteiger partial charge in [-0.25, -0.2) is 0 Å². The third-order valence-corrected chi connectivity index (χ3v) is 3.27. The average molecular weight is 265 g/mol. The number of hydrogen-bond donors (Lipinski definition) is 1. The van der Waals surface area contributed by atoms with Crippen molar-refractivity contribution in [1.29, 1.82) is 0 Å². The summed E-state index contributed by atoms with van der Waals surface area (Å²) in [5, 5.41) is 0. The van der Waals surface area contributed by atoms with E-state index in [1.165, 1.54) is 12.1 Å². The molecule has 0 aliphatic carbocycles. The van der Waals surface area contributed by atoms with Crippen molar-refractivity contribution >= 4 is 5.69 Å². The molecule has 1 nitrogen and oxygen atoms in total. The second-order valence-corrected chi connectivity index (χ2v) is 4.55. The zero-order valence-corrected chi connectivity index (χ0v) is 10.7. The smallest absolute Gasteiger partial charge is 0.398 e. The molecule has 0 radical (unpaired) electrons. The number of nitrogen functional groups attached to an aromatic ring is 1. The zero-order valence-electron chi connectivity index (χ0n) is 10.7. The number of hydrogen-bond acceptors (Lipinski definition) is 1. The van der Waals surface area contributed by atoms with Crippen LogP contribution < -0.4 is 5.73 Å². The van der Waals surface area contributed by atoms with Gasteiger partial charge in [-0.3, -0.25) is 0 Å². The summed E-state index contributed by atoms with van der Waals surface area (Å²) in [6.07, 6.45) is -4.31. The molecule has 19 heavy (non-hydrogen) atoms. The third-order valence-electron chi connectivity index (χ3n) is 3.27. The first kappa shape index (κ1) is 13.5. The molecule has 100 valence electrons. The van der Waals surface area contributed by atoms with Crippen LogP contribution in [-0.2, 0) is 6.18 Å². The molecule has 2 aromatic rings. The molecule has 0 atom stereocenters. The normalized spacial score (nSPS) is 11.6. The molecule has 2 aromatic carbocycles. The van der Waals surface area contributed by atoms with Crippen LogP contribution in [0.1, 0.15) is 16.7 Å². The van der Waals surface area contributed by atoms with Crippen LogP contribution in [0.2, 0.25) is 0 Å². The fourth-order valence-electron chi connectivity index (χ4n) is 2.05. The lowest BCUT2D eigenvalue weighted by Gasteiger charge is -2.13. The minimum absolute atomic E-state index is 0.572. The van der Waals surface area contributed by atoms with Gasteiger partial charge in [0.2, 0.25) is 0 Å². The number of alkyl halides is 3. The largest absolute Gasteiger partial charge is 0.416 e. The van der Waals surface area contributed by atoms with Gasteiger partial charge in [0.1, 0.15) is 0 Å². The summed E-state index contributed by atoms with van der Waals surface area (Å²) in [4.78, 5) is 0. The van der Waals surface area contributed by atoms with Gasteiger partial charge in [0.15, 0.2) is 0 Å². The summed E-state index contributed by atoms with van der Waals surface area (Å²) < 4.78 is 37.6. The fourth-order valence-corrected chi connectivity index (χ4v) is 2.05. The Kier molecular flexibility index (Phi) is 3.27. The molecule has 2 rings (SSSR count). The molecule has 0 aliphatic heterocycles.